The zero-order valence-corrected chi connectivity index (χ0v) is 9.00. The van der Waals surface area contributed by atoms with Crippen LogP contribution in [0.3, 0.4) is 0 Å². The van der Waals surface area contributed by atoms with E-state index >= 15 is 0 Å². The molecule has 1 heterocycles. The summed E-state index contributed by atoms with van der Waals surface area (Å²) in [5.74, 6) is 0.282. The van der Waals surface area contributed by atoms with Gasteiger partial charge in [-0.05, 0) is 12.8 Å². The van der Waals surface area contributed by atoms with E-state index < -0.39 is 10.0 Å². The van der Waals surface area contributed by atoms with Gasteiger partial charge in [0.05, 0.1) is 19.0 Å². The van der Waals surface area contributed by atoms with Gasteiger partial charge in [0.25, 0.3) is 0 Å². The first-order valence-electron chi connectivity index (χ1n) is 4.83. The number of rotatable bonds is 6. The quantitative estimate of drug-likeness (QED) is 0.612. The van der Waals surface area contributed by atoms with Gasteiger partial charge in [0, 0.05) is 19.7 Å². The Morgan fingerprint density at radius 1 is 1.36 bits per heavy atom. The number of hydrogen-bond acceptors (Lipinski definition) is 4. The fourth-order valence-electron chi connectivity index (χ4n) is 1.45. The van der Waals surface area contributed by atoms with E-state index in [0.29, 0.717) is 32.7 Å². The van der Waals surface area contributed by atoms with Crippen LogP contribution in [-0.4, -0.2) is 56.5 Å². The van der Waals surface area contributed by atoms with Crippen molar-refractivity contribution in [1.82, 2.24) is 4.31 Å². The Balaban J connectivity index is 2.13. The summed E-state index contributed by atoms with van der Waals surface area (Å²) in [6, 6.07) is 0. The van der Waals surface area contributed by atoms with Crippen LogP contribution in [0.5, 0.6) is 0 Å². The predicted molar refractivity (Wildman–Crippen MR) is 52.5 cm³/mol. The third-order valence-corrected chi connectivity index (χ3v) is 4.09. The summed E-state index contributed by atoms with van der Waals surface area (Å²) in [5, 5.41) is 8.43. The average Bonchev–Trinajstić information content (AvgIpc) is 2.45. The van der Waals surface area contributed by atoms with Crippen molar-refractivity contribution in [2.75, 3.05) is 38.7 Å². The Hall–Kier alpha value is -0.170. The van der Waals surface area contributed by atoms with Crippen molar-refractivity contribution in [1.29, 1.82) is 0 Å². The van der Waals surface area contributed by atoms with Crippen LogP contribution in [0.15, 0.2) is 0 Å². The Bertz CT molecular complexity index is 252. The van der Waals surface area contributed by atoms with E-state index in [9.17, 15) is 8.42 Å². The highest BCUT2D eigenvalue weighted by Crippen LogP contribution is 2.13. The molecular weight excluding hydrogens is 206 g/mol. The molecule has 0 aromatic rings. The number of nitrogens with zero attached hydrogens (tertiary/aromatic N) is 1. The molecule has 1 aliphatic rings. The molecule has 5 nitrogen and oxygen atoms in total. The topological polar surface area (TPSA) is 66.8 Å². The van der Waals surface area contributed by atoms with Gasteiger partial charge in [-0.3, -0.25) is 0 Å². The number of aliphatic hydroxyl groups is 1. The molecule has 0 aromatic heterocycles. The summed E-state index contributed by atoms with van der Waals surface area (Å²) in [4.78, 5) is 0. The summed E-state index contributed by atoms with van der Waals surface area (Å²) in [6.07, 6.45) is 1.43. The summed E-state index contributed by atoms with van der Waals surface area (Å²) < 4.78 is 29.2. The maximum Gasteiger partial charge on any atom is 0.214 e. The Kier molecular flexibility index (Phi) is 4.80. The average molecular weight is 223 g/mol. The first-order valence-corrected chi connectivity index (χ1v) is 6.44. The second kappa shape index (κ2) is 5.65. The smallest absolute Gasteiger partial charge is 0.214 e. The van der Waals surface area contributed by atoms with Crippen molar-refractivity contribution >= 4 is 10.0 Å². The van der Waals surface area contributed by atoms with Gasteiger partial charge in [0.1, 0.15) is 0 Å². The number of ether oxygens (including phenoxy) is 1. The van der Waals surface area contributed by atoms with E-state index in [0.717, 1.165) is 6.42 Å². The second-order valence-electron chi connectivity index (χ2n) is 3.26. The lowest BCUT2D eigenvalue weighted by molar-refractivity contribution is 0.0886. The van der Waals surface area contributed by atoms with Crippen molar-refractivity contribution in [3.8, 4) is 0 Å². The minimum Gasteiger partial charge on any atom is -0.394 e. The van der Waals surface area contributed by atoms with Crippen molar-refractivity contribution in [3.05, 3.63) is 0 Å². The maximum atomic E-state index is 11.3. The molecule has 1 rings (SSSR count). The fraction of sp³-hybridized carbons (Fsp3) is 1.00. The molecule has 0 saturated carbocycles. The zero-order valence-electron chi connectivity index (χ0n) is 8.18. The molecule has 0 bridgehead atoms. The van der Waals surface area contributed by atoms with E-state index in [2.05, 4.69) is 0 Å². The van der Waals surface area contributed by atoms with Gasteiger partial charge in [-0.2, -0.15) is 0 Å². The molecule has 0 atom stereocenters. The monoisotopic (exact) mass is 223 g/mol. The van der Waals surface area contributed by atoms with Crippen LogP contribution in [0.4, 0.5) is 0 Å². The van der Waals surface area contributed by atoms with Crippen molar-refractivity contribution in [2.24, 2.45) is 0 Å². The molecule has 1 aliphatic heterocycles. The molecule has 1 fully saturated rings. The van der Waals surface area contributed by atoms with Gasteiger partial charge >= 0.3 is 0 Å². The lowest BCUT2D eigenvalue weighted by Gasteiger charge is -2.13. The van der Waals surface area contributed by atoms with Crippen LogP contribution in [-0.2, 0) is 14.8 Å². The first-order chi connectivity index (χ1) is 6.67. The van der Waals surface area contributed by atoms with E-state index in [1.807, 2.05) is 0 Å². The third kappa shape index (κ3) is 3.53. The Labute approximate surface area is 84.7 Å². The van der Waals surface area contributed by atoms with Gasteiger partial charge in [0.15, 0.2) is 0 Å². The summed E-state index contributed by atoms with van der Waals surface area (Å²) >= 11 is 0. The highest BCUT2D eigenvalue weighted by Gasteiger charge is 2.27. The van der Waals surface area contributed by atoms with Gasteiger partial charge in [-0.25, -0.2) is 12.7 Å². The fourth-order valence-corrected chi connectivity index (χ4v) is 3.02. The Morgan fingerprint density at radius 2 is 2.14 bits per heavy atom. The minimum atomic E-state index is -2.95. The molecule has 0 aliphatic carbocycles. The maximum absolute atomic E-state index is 11.3. The van der Waals surface area contributed by atoms with Gasteiger partial charge in [0.2, 0.25) is 10.0 Å². The van der Waals surface area contributed by atoms with E-state index in [1.54, 1.807) is 0 Å². The number of aliphatic hydroxyl groups excluding tert-OH is 1. The van der Waals surface area contributed by atoms with Gasteiger partial charge in [-0.1, -0.05) is 0 Å². The molecule has 1 N–H and O–H groups in total. The molecule has 0 spiro atoms. The minimum absolute atomic E-state index is 0.0159. The summed E-state index contributed by atoms with van der Waals surface area (Å²) in [6.45, 7) is 2.03. The normalized spacial score (nSPS) is 21.5. The molecular formula is C8H17NO4S. The van der Waals surface area contributed by atoms with Crippen LogP contribution >= 0.6 is 0 Å². The first kappa shape index (κ1) is 11.9. The Morgan fingerprint density at radius 3 is 2.71 bits per heavy atom. The highest BCUT2D eigenvalue weighted by molar-refractivity contribution is 7.89. The van der Waals surface area contributed by atoms with Crippen molar-refractivity contribution in [2.45, 2.75) is 12.8 Å². The SMILES string of the molecule is O=S1(=O)CCCN1CCCOCCO. The van der Waals surface area contributed by atoms with Crippen LogP contribution in [0.25, 0.3) is 0 Å². The van der Waals surface area contributed by atoms with Crippen molar-refractivity contribution < 1.29 is 18.3 Å². The lowest BCUT2D eigenvalue weighted by atomic mass is 10.4. The molecule has 1 saturated heterocycles. The summed E-state index contributed by atoms with van der Waals surface area (Å²) in [5.41, 5.74) is 0. The molecule has 0 unspecified atom stereocenters. The highest BCUT2D eigenvalue weighted by atomic mass is 32.2. The van der Waals surface area contributed by atoms with E-state index in [-0.39, 0.29) is 12.4 Å². The summed E-state index contributed by atoms with van der Waals surface area (Å²) in [7, 11) is -2.95. The lowest BCUT2D eigenvalue weighted by Crippen LogP contribution is -2.27. The number of hydrogen-bond donors (Lipinski definition) is 1. The molecule has 0 amide bonds. The van der Waals surface area contributed by atoms with Gasteiger partial charge in [-0.15, -0.1) is 0 Å². The molecule has 14 heavy (non-hydrogen) atoms. The molecule has 0 aromatic carbocycles. The third-order valence-electron chi connectivity index (χ3n) is 2.14. The van der Waals surface area contributed by atoms with Gasteiger partial charge < -0.3 is 9.84 Å². The molecule has 0 radical (unpaired) electrons. The predicted octanol–water partition coefficient (Wildman–Crippen LogP) is -0.579. The van der Waals surface area contributed by atoms with Crippen molar-refractivity contribution in [3.63, 3.8) is 0 Å². The standard InChI is InChI=1S/C8H17NO4S/c10-5-7-13-6-1-3-9-4-2-8-14(9,11)12/h10H,1-8H2. The van der Waals surface area contributed by atoms with Crippen LogP contribution < -0.4 is 0 Å². The molecule has 6 heteroatoms. The second-order valence-corrected chi connectivity index (χ2v) is 5.35. The number of sulfonamides is 1. The largest absolute Gasteiger partial charge is 0.394 e. The van der Waals surface area contributed by atoms with Crippen LogP contribution in [0, 0.1) is 0 Å². The van der Waals surface area contributed by atoms with E-state index in [1.165, 1.54) is 4.31 Å². The zero-order chi connectivity index (χ0) is 10.4. The van der Waals surface area contributed by atoms with E-state index in [4.69, 9.17) is 9.84 Å². The van der Waals surface area contributed by atoms with Crippen LogP contribution in [0.1, 0.15) is 12.8 Å². The van der Waals surface area contributed by atoms with Crippen LogP contribution in [0.2, 0.25) is 0 Å². The molecule has 84 valence electrons.